The number of allylic oxidation sites excluding steroid dienone is 1. The zero-order valence-corrected chi connectivity index (χ0v) is 19.6. The smallest absolute Gasteiger partial charge is 0.0605 e. The predicted octanol–water partition coefficient (Wildman–Crippen LogP) is 6.04. The van der Waals surface area contributed by atoms with E-state index in [0.29, 0.717) is 29.6 Å². The van der Waals surface area contributed by atoms with E-state index in [1.54, 1.807) is 0 Å². The molecule has 1 aromatic carbocycles. The van der Waals surface area contributed by atoms with Crippen LogP contribution in [0.25, 0.3) is 10.9 Å². The number of nitrogens with one attached hydrogen (secondary N) is 1. The SMILES string of the molecule is C=C(C)[C@@H]1CC[C@]23[C@H]([C@H]1c1c[nH]c4ccccc14)[C@H](C)C[C@H](O)[C@@]2(C)[C@H](C)CC[C@@H]3O. The van der Waals surface area contributed by atoms with Gasteiger partial charge in [-0.25, -0.2) is 0 Å². The lowest BCUT2D eigenvalue weighted by molar-refractivity contribution is -0.266. The molecule has 0 aliphatic heterocycles. The molecule has 0 saturated heterocycles. The Kier molecular flexibility index (Phi) is 4.95. The van der Waals surface area contributed by atoms with Crippen LogP contribution in [0.4, 0.5) is 0 Å². The highest BCUT2D eigenvalue weighted by atomic mass is 16.3. The van der Waals surface area contributed by atoms with Crippen LogP contribution in [-0.2, 0) is 0 Å². The first-order valence-corrected chi connectivity index (χ1v) is 12.3. The van der Waals surface area contributed by atoms with Crippen LogP contribution in [0.3, 0.4) is 0 Å². The van der Waals surface area contributed by atoms with E-state index in [4.69, 9.17) is 0 Å². The minimum Gasteiger partial charge on any atom is -0.393 e. The van der Waals surface area contributed by atoms with Crippen molar-refractivity contribution in [3.63, 3.8) is 0 Å². The minimum absolute atomic E-state index is 0.253. The summed E-state index contributed by atoms with van der Waals surface area (Å²) < 4.78 is 0. The number of rotatable bonds is 2. The third-order valence-corrected chi connectivity index (χ3v) is 10.3. The second kappa shape index (κ2) is 7.22. The molecule has 1 aromatic heterocycles. The second-order valence-electron chi connectivity index (χ2n) is 11.4. The molecule has 0 amide bonds. The van der Waals surface area contributed by atoms with Crippen molar-refractivity contribution >= 4 is 10.9 Å². The second-order valence-corrected chi connectivity index (χ2v) is 11.4. The van der Waals surface area contributed by atoms with Gasteiger partial charge in [-0.3, -0.25) is 0 Å². The van der Waals surface area contributed by atoms with Gasteiger partial charge in [-0.1, -0.05) is 51.1 Å². The molecule has 3 fully saturated rings. The first kappa shape index (κ1) is 21.3. The lowest BCUT2D eigenvalue weighted by Gasteiger charge is -2.70. The number of para-hydroxylation sites is 1. The zero-order valence-electron chi connectivity index (χ0n) is 19.6. The highest BCUT2D eigenvalue weighted by molar-refractivity contribution is 5.83. The van der Waals surface area contributed by atoms with Gasteiger partial charge in [0.2, 0.25) is 0 Å². The van der Waals surface area contributed by atoms with Crippen molar-refractivity contribution in [3.8, 4) is 0 Å². The third-order valence-electron chi connectivity index (χ3n) is 10.3. The van der Waals surface area contributed by atoms with E-state index in [-0.39, 0.29) is 23.0 Å². The zero-order chi connectivity index (χ0) is 22.1. The molecule has 31 heavy (non-hydrogen) atoms. The van der Waals surface area contributed by atoms with Gasteiger partial charge in [0.1, 0.15) is 0 Å². The van der Waals surface area contributed by atoms with Gasteiger partial charge in [0.15, 0.2) is 0 Å². The van der Waals surface area contributed by atoms with Crippen molar-refractivity contribution < 1.29 is 10.2 Å². The van der Waals surface area contributed by atoms with Gasteiger partial charge in [0.25, 0.3) is 0 Å². The number of aromatic amines is 1. The molecule has 168 valence electrons. The lowest BCUT2D eigenvalue weighted by Crippen LogP contribution is -2.69. The van der Waals surface area contributed by atoms with E-state index in [0.717, 1.165) is 32.1 Å². The number of hydrogen-bond donors (Lipinski definition) is 3. The van der Waals surface area contributed by atoms with Gasteiger partial charge < -0.3 is 15.2 Å². The summed E-state index contributed by atoms with van der Waals surface area (Å²) in [6, 6.07) is 8.61. The van der Waals surface area contributed by atoms with Crippen LogP contribution < -0.4 is 0 Å². The maximum absolute atomic E-state index is 11.7. The third kappa shape index (κ3) is 2.66. The number of benzene rings is 1. The number of hydrogen-bond acceptors (Lipinski definition) is 2. The Balaban J connectivity index is 1.75. The highest BCUT2D eigenvalue weighted by Gasteiger charge is 2.70. The summed E-state index contributed by atoms with van der Waals surface area (Å²) in [7, 11) is 0. The summed E-state index contributed by atoms with van der Waals surface area (Å²) in [5, 5.41) is 24.5. The van der Waals surface area contributed by atoms with Crippen molar-refractivity contribution in [1.29, 1.82) is 0 Å². The van der Waals surface area contributed by atoms with Crippen LogP contribution in [0.15, 0.2) is 42.6 Å². The van der Waals surface area contributed by atoms with E-state index in [9.17, 15) is 10.2 Å². The maximum atomic E-state index is 11.7. The largest absolute Gasteiger partial charge is 0.393 e. The Hall–Kier alpha value is -1.58. The molecule has 0 bridgehead atoms. The molecule has 3 aliphatic rings. The first-order chi connectivity index (χ1) is 14.7. The molecule has 3 N–H and O–H groups in total. The van der Waals surface area contributed by atoms with E-state index in [1.165, 1.54) is 22.0 Å². The van der Waals surface area contributed by atoms with Crippen molar-refractivity contribution in [3.05, 3.63) is 48.2 Å². The van der Waals surface area contributed by atoms with E-state index < -0.39 is 0 Å². The molecule has 0 radical (unpaired) electrons. The Bertz CT molecular complexity index is 994. The molecule has 1 spiro atoms. The molecular formula is C28H39NO2. The molecule has 3 aliphatic carbocycles. The average molecular weight is 422 g/mol. The summed E-state index contributed by atoms with van der Waals surface area (Å²) in [5.74, 6) is 1.80. The van der Waals surface area contributed by atoms with Crippen LogP contribution in [0.5, 0.6) is 0 Å². The Labute approximate surface area is 187 Å². The van der Waals surface area contributed by atoms with Crippen molar-refractivity contribution in [2.45, 2.75) is 77.9 Å². The molecular weight excluding hydrogens is 382 g/mol. The molecule has 5 rings (SSSR count). The molecule has 9 atom stereocenters. The molecule has 3 heteroatoms. The Morgan fingerprint density at radius 3 is 2.58 bits per heavy atom. The van der Waals surface area contributed by atoms with Crippen molar-refractivity contribution in [1.82, 2.24) is 4.98 Å². The maximum Gasteiger partial charge on any atom is 0.0605 e. The highest BCUT2D eigenvalue weighted by Crippen LogP contribution is 2.72. The van der Waals surface area contributed by atoms with Gasteiger partial charge in [0.05, 0.1) is 12.2 Å². The van der Waals surface area contributed by atoms with E-state index >= 15 is 0 Å². The topological polar surface area (TPSA) is 56.2 Å². The van der Waals surface area contributed by atoms with Crippen LogP contribution >= 0.6 is 0 Å². The summed E-state index contributed by atoms with van der Waals surface area (Å²) in [5.41, 5.74) is 3.30. The standard InChI is InChI=1S/C28H39NO2/c1-16(2)19-12-13-28-23(30)11-10-18(4)27(28,5)24(31)14-17(3)26(28)25(19)21-15-29-22-9-7-6-8-20(21)22/h6-9,15,17-19,23-26,29-31H,1,10-14H2,2-5H3/t17-,18-,19+,23+,24+,25-,26+,27-,28+/m1/s1. The fourth-order valence-electron chi connectivity index (χ4n) is 8.69. The summed E-state index contributed by atoms with van der Waals surface area (Å²) >= 11 is 0. The van der Waals surface area contributed by atoms with Crippen molar-refractivity contribution in [2.75, 3.05) is 0 Å². The van der Waals surface area contributed by atoms with E-state index in [1.807, 2.05) is 0 Å². The van der Waals surface area contributed by atoms with Gasteiger partial charge in [-0.2, -0.15) is 0 Å². The quantitative estimate of drug-likeness (QED) is 0.518. The van der Waals surface area contributed by atoms with Crippen LogP contribution in [0, 0.1) is 34.5 Å². The number of fused-ring (bicyclic) bond motifs is 1. The van der Waals surface area contributed by atoms with Gasteiger partial charge >= 0.3 is 0 Å². The first-order valence-electron chi connectivity index (χ1n) is 12.3. The molecule has 0 unspecified atom stereocenters. The Morgan fingerprint density at radius 2 is 1.84 bits per heavy atom. The van der Waals surface area contributed by atoms with Crippen LogP contribution in [0.2, 0.25) is 0 Å². The number of aliphatic hydroxyl groups excluding tert-OH is 2. The van der Waals surface area contributed by atoms with Gasteiger partial charge in [0, 0.05) is 27.9 Å². The number of aliphatic hydroxyl groups is 2. The number of H-pyrrole nitrogens is 1. The van der Waals surface area contributed by atoms with Crippen LogP contribution in [0.1, 0.15) is 71.3 Å². The predicted molar refractivity (Wildman–Crippen MR) is 127 cm³/mol. The summed E-state index contributed by atoms with van der Waals surface area (Å²) in [6.07, 6.45) is 6.21. The van der Waals surface area contributed by atoms with Gasteiger partial charge in [-0.15, -0.1) is 0 Å². The molecule has 3 nitrogen and oxygen atoms in total. The molecule has 2 aromatic rings. The van der Waals surface area contributed by atoms with Crippen LogP contribution in [-0.4, -0.2) is 27.4 Å². The normalized spacial score (nSPS) is 45.2. The summed E-state index contributed by atoms with van der Waals surface area (Å²) in [6.45, 7) is 13.6. The lowest BCUT2D eigenvalue weighted by atomic mass is 9.35. The molecule has 1 heterocycles. The minimum atomic E-state index is -0.353. The number of aromatic nitrogens is 1. The fraction of sp³-hybridized carbons (Fsp3) is 0.643. The Morgan fingerprint density at radius 1 is 1.10 bits per heavy atom. The molecule has 3 saturated carbocycles. The fourth-order valence-corrected chi connectivity index (χ4v) is 8.69. The van der Waals surface area contributed by atoms with E-state index in [2.05, 4.69) is 69.7 Å². The monoisotopic (exact) mass is 421 g/mol. The van der Waals surface area contributed by atoms with Gasteiger partial charge in [-0.05, 0) is 80.2 Å². The average Bonchev–Trinajstić information content (AvgIpc) is 3.17. The van der Waals surface area contributed by atoms with Crippen molar-refractivity contribution in [2.24, 2.45) is 34.5 Å². The summed E-state index contributed by atoms with van der Waals surface area (Å²) in [4.78, 5) is 3.52.